The SMILES string of the molecule is Cc1cccc(C(=O)N(Cc2cc3ccc(C)cc3[nH]c2=O)C(C)C)c1. The number of benzene rings is 2. The molecule has 0 aliphatic carbocycles. The first-order valence-electron chi connectivity index (χ1n) is 8.85. The molecule has 0 unspecified atom stereocenters. The molecular weight excluding hydrogens is 324 g/mol. The Morgan fingerprint density at radius 3 is 2.46 bits per heavy atom. The first kappa shape index (κ1) is 17.9. The summed E-state index contributed by atoms with van der Waals surface area (Å²) in [6.45, 7) is 8.17. The van der Waals surface area contributed by atoms with Crippen molar-refractivity contribution >= 4 is 16.8 Å². The largest absolute Gasteiger partial charge is 0.332 e. The van der Waals surface area contributed by atoms with Gasteiger partial charge in [0.2, 0.25) is 0 Å². The Morgan fingerprint density at radius 2 is 1.77 bits per heavy atom. The number of nitrogens with one attached hydrogen (secondary N) is 1. The zero-order valence-electron chi connectivity index (χ0n) is 15.7. The van der Waals surface area contributed by atoms with Crippen molar-refractivity contribution in [2.75, 3.05) is 0 Å². The molecule has 0 aliphatic rings. The van der Waals surface area contributed by atoms with Gasteiger partial charge in [-0.1, -0.05) is 29.8 Å². The average Bonchev–Trinajstić information content (AvgIpc) is 2.59. The summed E-state index contributed by atoms with van der Waals surface area (Å²) in [4.78, 5) is 30.2. The molecule has 2 aromatic carbocycles. The van der Waals surface area contributed by atoms with Gasteiger partial charge in [0.15, 0.2) is 0 Å². The molecule has 4 heteroatoms. The third kappa shape index (κ3) is 3.69. The van der Waals surface area contributed by atoms with Crippen LogP contribution >= 0.6 is 0 Å². The van der Waals surface area contributed by atoms with Gasteiger partial charge in [-0.05, 0) is 62.9 Å². The fraction of sp³-hybridized carbons (Fsp3) is 0.273. The van der Waals surface area contributed by atoms with Gasteiger partial charge >= 0.3 is 0 Å². The zero-order valence-corrected chi connectivity index (χ0v) is 15.7. The summed E-state index contributed by atoms with van der Waals surface area (Å²) in [5.74, 6) is -0.0629. The van der Waals surface area contributed by atoms with Crippen molar-refractivity contribution in [1.82, 2.24) is 9.88 Å². The molecule has 3 aromatic rings. The molecule has 0 spiro atoms. The van der Waals surface area contributed by atoms with Crippen LogP contribution in [-0.2, 0) is 6.54 Å². The molecule has 0 bridgehead atoms. The van der Waals surface area contributed by atoms with Crippen LogP contribution in [-0.4, -0.2) is 21.8 Å². The minimum atomic E-state index is -0.147. The quantitative estimate of drug-likeness (QED) is 0.768. The number of carbonyl (C=O) groups is 1. The van der Waals surface area contributed by atoms with Gasteiger partial charge in [0.1, 0.15) is 0 Å². The van der Waals surface area contributed by atoms with E-state index in [1.54, 1.807) is 4.90 Å². The van der Waals surface area contributed by atoms with Crippen molar-refractivity contribution in [1.29, 1.82) is 0 Å². The molecule has 1 amide bonds. The van der Waals surface area contributed by atoms with Gasteiger partial charge in [-0.2, -0.15) is 0 Å². The Labute approximate surface area is 153 Å². The Balaban J connectivity index is 1.97. The van der Waals surface area contributed by atoms with Gasteiger partial charge in [-0.3, -0.25) is 9.59 Å². The number of aromatic amines is 1. The number of H-pyrrole nitrogens is 1. The lowest BCUT2D eigenvalue weighted by Gasteiger charge is -2.27. The average molecular weight is 348 g/mol. The molecule has 0 radical (unpaired) electrons. The van der Waals surface area contributed by atoms with Crippen LogP contribution in [0.25, 0.3) is 10.9 Å². The molecule has 1 aromatic heterocycles. The lowest BCUT2D eigenvalue weighted by atomic mass is 10.1. The molecule has 0 atom stereocenters. The summed E-state index contributed by atoms with van der Waals surface area (Å²) >= 11 is 0. The minimum absolute atomic E-state index is 0.0175. The molecule has 0 aliphatic heterocycles. The maximum Gasteiger partial charge on any atom is 0.254 e. The maximum atomic E-state index is 13.0. The highest BCUT2D eigenvalue weighted by molar-refractivity contribution is 5.94. The predicted molar refractivity (Wildman–Crippen MR) is 105 cm³/mol. The number of hydrogen-bond acceptors (Lipinski definition) is 2. The second kappa shape index (κ2) is 7.16. The molecule has 0 saturated carbocycles. The molecule has 26 heavy (non-hydrogen) atoms. The van der Waals surface area contributed by atoms with E-state index in [0.717, 1.165) is 22.0 Å². The van der Waals surface area contributed by atoms with E-state index >= 15 is 0 Å². The van der Waals surface area contributed by atoms with Crippen molar-refractivity contribution in [3.05, 3.63) is 81.1 Å². The van der Waals surface area contributed by atoms with E-state index < -0.39 is 0 Å². The van der Waals surface area contributed by atoms with Crippen LogP contribution in [0, 0.1) is 13.8 Å². The maximum absolute atomic E-state index is 13.0. The Bertz CT molecular complexity index is 1020. The van der Waals surface area contributed by atoms with E-state index in [0.29, 0.717) is 11.1 Å². The van der Waals surface area contributed by atoms with Gasteiger partial charge in [-0.25, -0.2) is 0 Å². The molecule has 1 heterocycles. The van der Waals surface area contributed by atoms with Crippen LogP contribution in [0.5, 0.6) is 0 Å². The van der Waals surface area contributed by atoms with E-state index in [2.05, 4.69) is 4.98 Å². The summed E-state index contributed by atoms with van der Waals surface area (Å²) in [6.07, 6.45) is 0. The van der Waals surface area contributed by atoms with Gasteiger partial charge in [0, 0.05) is 22.7 Å². The highest BCUT2D eigenvalue weighted by Gasteiger charge is 2.20. The molecule has 3 rings (SSSR count). The van der Waals surface area contributed by atoms with Crippen LogP contribution in [0.1, 0.15) is 40.9 Å². The first-order chi connectivity index (χ1) is 12.3. The van der Waals surface area contributed by atoms with E-state index in [1.807, 2.05) is 76.2 Å². The van der Waals surface area contributed by atoms with Crippen LogP contribution in [0.4, 0.5) is 0 Å². The smallest absolute Gasteiger partial charge is 0.254 e. The van der Waals surface area contributed by atoms with E-state index in [9.17, 15) is 9.59 Å². The Hall–Kier alpha value is -2.88. The topological polar surface area (TPSA) is 53.2 Å². The number of fused-ring (bicyclic) bond motifs is 1. The van der Waals surface area contributed by atoms with Crippen molar-refractivity contribution in [3.63, 3.8) is 0 Å². The number of amides is 1. The number of hydrogen-bond donors (Lipinski definition) is 1. The number of nitrogens with zero attached hydrogens (tertiary/aromatic N) is 1. The summed E-state index contributed by atoms with van der Waals surface area (Å²) in [5, 5.41) is 0.969. The van der Waals surface area contributed by atoms with Gasteiger partial charge in [-0.15, -0.1) is 0 Å². The standard InChI is InChI=1S/C22H24N2O2/c1-14(2)24(22(26)18-7-5-6-15(3)10-18)13-19-12-17-9-8-16(4)11-20(17)23-21(19)25/h5-12,14H,13H2,1-4H3,(H,23,25). The summed E-state index contributed by atoms with van der Waals surface area (Å²) < 4.78 is 0. The van der Waals surface area contributed by atoms with Gasteiger partial charge in [0.25, 0.3) is 11.5 Å². The third-order valence-corrected chi connectivity index (χ3v) is 4.57. The van der Waals surface area contributed by atoms with Crippen molar-refractivity contribution in [3.8, 4) is 0 Å². The van der Waals surface area contributed by atoms with Crippen LogP contribution < -0.4 is 5.56 Å². The summed E-state index contributed by atoms with van der Waals surface area (Å²) in [6, 6.07) is 15.4. The predicted octanol–water partition coefficient (Wildman–Crippen LogP) is 4.20. The van der Waals surface area contributed by atoms with Crippen molar-refractivity contribution in [2.24, 2.45) is 0 Å². The van der Waals surface area contributed by atoms with E-state index in [4.69, 9.17) is 0 Å². The molecular formula is C22H24N2O2. The number of carbonyl (C=O) groups excluding carboxylic acids is 1. The van der Waals surface area contributed by atoms with Crippen molar-refractivity contribution < 1.29 is 4.79 Å². The van der Waals surface area contributed by atoms with Crippen LogP contribution in [0.3, 0.4) is 0 Å². The Morgan fingerprint density at radius 1 is 1.04 bits per heavy atom. The number of pyridine rings is 1. The minimum Gasteiger partial charge on any atom is -0.332 e. The number of aromatic nitrogens is 1. The van der Waals surface area contributed by atoms with Crippen LogP contribution in [0.2, 0.25) is 0 Å². The monoisotopic (exact) mass is 348 g/mol. The second-order valence-electron chi connectivity index (χ2n) is 7.11. The van der Waals surface area contributed by atoms with Crippen molar-refractivity contribution in [2.45, 2.75) is 40.3 Å². The zero-order chi connectivity index (χ0) is 18.8. The second-order valence-corrected chi connectivity index (χ2v) is 7.11. The van der Waals surface area contributed by atoms with E-state index in [1.165, 1.54) is 0 Å². The van der Waals surface area contributed by atoms with E-state index in [-0.39, 0.29) is 24.1 Å². The fourth-order valence-electron chi connectivity index (χ4n) is 3.09. The lowest BCUT2D eigenvalue weighted by molar-refractivity contribution is 0.0689. The van der Waals surface area contributed by atoms with Gasteiger partial charge < -0.3 is 9.88 Å². The Kier molecular flexibility index (Phi) is 4.94. The summed E-state index contributed by atoms with van der Waals surface area (Å²) in [7, 11) is 0. The molecule has 0 fully saturated rings. The first-order valence-corrected chi connectivity index (χ1v) is 8.85. The fourth-order valence-corrected chi connectivity index (χ4v) is 3.09. The number of aryl methyl sites for hydroxylation is 2. The highest BCUT2D eigenvalue weighted by Crippen LogP contribution is 2.17. The van der Waals surface area contributed by atoms with Gasteiger partial charge in [0.05, 0.1) is 6.54 Å². The molecule has 1 N–H and O–H groups in total. The molecule has 4 nitrogen and oxygen atoms in total. The number of rotatable bonds is 4. The normalized spacial score (nSPS) is 11.1. The lowest BCUT2D eigenvalue weighted by Crippen LogP contribution is -2.38. The third-order valence-electron chi connectivity index (χ3n) is 4.57. The summed E-state index contributed by atoms with van der Waals surface area (Å²) in [5.41, 5.74) is 4.05. The molecule has 0 saturated heterocycles. The van der Waals surface area contributed by atoms with Crippen LogP contribution in [0.15, 0.2) is 53.3 Å². The highest BCUT2D eigenvalue weighted by atomic mass is 16.2. The molecule has 134 valence electrons.